The van der Waals surface area contributed by atoms with Crippen molar-refractivity contribution in [1.29, 1.82) is 0 Å². The summed E-state index contributed by atoms with van der Waals surface area (Å²) in [5.74, 6) is 0. The van der Waals surface area contributed by atoms with Gasteiger partial charge in [-0.25, -0.2) is 0 Å². The molecule has 0 radical (unpaired) electrons. The molecule has 0 aliphatic carbocycles. The number of rotatable bonds is 5. The first-order chi connectivity index (χ1) is 6.74. The molecule has 0 unspecified atom stereocenters. The van der Waals surface area contributed by atoms with Gasteiger partial charge in [0.25, 0.3) is 0 Å². The van der Waals surface area contributed by atoms with Gasteiger partial charge in [-0.3, -0.25) is 0 Å². The van der Waals surface area contributed by atoms with Crippen LogP contribution in [0.3, 0.4) is 0 Å². The maximum Gasteiger partial charge on any atom is 0.0408 e. The predicted octanol–water partition coefficient (Wildman–Crippen LogP) is 4.77. The van der Waals surface area contributed by atoms with Crippen molar-refractivity contribution in [3.05, 3.63) is 34.3 Å². The summed E-state index contributed by atoms with van der Waals surface area (Å²) in [4.78, 5) is 0. The quantitative estimate of drug-likeness (QED) is 0.614. The molecule has 0 N–H and O–H groups in total. The van der Waals surface area contributed by atoms with E-state index in [1.54, 1.807) is 0 Å². The van der Waals surface area contributed by atoms with E-state index < -0.39 is 0 Å². The first-order valence-corrected chi connectivity index (χ1v) is 5.87. The van der Waals surface area contributed by atoms with Crippen LogP contribution in [0.25, 0.3) is 0 Å². The Kier molecular flexibility index (Phi) is 5.03. The number of hydrogen-bond donors (Lipinski definition) is 0. The fourth-order valence-electron chi connectivity index (χ4n) is 1.68. The Balaban J connectivity index is 2.42. The highest BCUT2D eigenvalue weighted by molar-refractivity contribution is 6.30. The standard InChI is InChI=1S/C13H19Cl/c1-3-4-5-6-7-12-8-9-13(14)10-11(12)2/h8-10H,3-7H2,1-2H3. The molecule has 78 valence electrons. The van der Waals surface area contributed by atoms with Crippen LogP contribution in [0.4, 0.5) is 0 Å². The lowest BCUT2D eigenvalue weighted by atomic mass is 10.0. The van der Waals surface area contributed by atoms with Crippen LogP contribution in [-0.2, 0) is 6.42 Å². The third-order valence-electron chi connectivity index (χ3n) is 2.60. The van der Waals surface area contributed by atoms with Crippen molar-refractivity contribution in [1.82, 2.24) is 0 Å². The van der Waals surface area contributed by atoms with Crippen molar-refractivity contribution in [2.45, 2.75) is 46.0 Å². The first kappa shape index (κ1) is 11.6. The van der Waals surface area contributed by atoms with Crippen LogP contribution in [0.1, 0.15) is 43.7 Å². The Morgan fingerprint density at radius 3 is 2.57 bits per heavy atom. The molecule has 0 fully saturated rings. The number of hydrogen-bond acceptors (Lipinski definition) is 0. The minimum atomic E-state index is 0.847. The van der Waals surface area contributed by atoms with Gasteiger partial charge in [-0.15, -0.1) is 0 Å². The van der Waals surface area contributed by atoms with Crippen molar-refractivity contribution >= 4 is 11.6 Å². The van der Waals surface area contributed by atoms with Crippen LogP contribution < -0.4 is 0 Å². The molecule has 0 heterocycles. The molecule has 0 amide bonds. The molecule has 0 spiro atoms. The Morgan fingerprint density at radius 1 is 1.14 bits per heavy atom. The van der Waals surface area contributed by atoms with E-state index in [0.717, 1.165) is 5.02 Å². The fraction of sp³-hybridized carbons (Fsp3) is 0.538. The largest absolute Gasteiger partial charge is 0.0843 e. The van der Waals surface area contributed by atoms with Crippen LogP contribution in [0, 0.1) is 6.92 Å². The predicted molar refractivity (Wildman–Crippen MR) is 64.0 cm³/mol. The minimum Gasteiger partial charge on any atom is -0.0843 e. The molecular weight excluding hydrogens is 192 g/mol. The van der Waals surface area contributed by atoms with E-state index in [9.17, 15) is 0 Å². The summed E-state index contributed by atoms with van der Waals surface area (Å²) < 4.78 is 0. The fourth-order valence-corrected chi connectivity index (χ4v) is 1.91. The molecule has 0 saturated heterocycles. The van der Waals surface area contributed by atoms with Crippen LogP contribution in [-0.4, -0.2) is 0 Å². The zero-order valence-corrected chi connectivity index (χ0v) is 9.90. The number of unbranched alkanes of at least 4 members (excludes halogenated alkanes) is 3. The molecule has 1 aromatic rings. The summed E-state index contributed by atoms with van der Waals surface area (Å²) in [7, 11) is 0. The highest BCUT2D eigenvalue weighted by Crippen LogP contribution is 2.17. The summed E-state index contributed by atoms with van der Waals surface area (Å²) >= 11 is 5.90. The highest BCUT2D eigenvalue weighted by atomic mass is 35.5. The van der Waals surface area contributed by atoms with Crippen LogP contribution in [0.15, 0.2) is 18.2 Å². The van der Waals surface area contributed by atoms with Gasteiger partial charge in [0, 0.05) is 5.02 Å². The Morgan fingerprint density at radius 2 is 1.93 bits per heavy atom. The SMILES string of the molecule is CCCCCCc1ccc(Cl)cc1C. The summed E-state index contributed by atoms with van der Waals surface area (Å²) in [6.07, 6.45) is 6.50. The molecular formula is C13H19Cl. The lowest BCUT2D eigenvalue weighted by Crippen LogP contribution is -1.89. The zero-order chi connectivity index (χ0) is 10.4. The molecule has 0 bridgehead atoms. The molecule has 0 nitrogen and oxygen atoms in total. The molecule has 1 heteroatoms. The van der Waals surface area contributed by atoms with Gasteiger partial charge >= 0.3 is 0 Å². The second-order valence-electron chi connectivity index (χ2n) is 3.88. The summed E-state index contributed by atoms with van der Waals surface area (Å²) in [5, 5.41) is 0.847. The van der Waals surface area contributed by atoms with Crippen LogP contribution in [0.2, 0.25) is 5.02 Å². The monoisotopic (exact) mass is 210 g/mol. The zero-order valence-electron chi connectivity index (χ0n) is 9.15. The average molecular weight is 211 g/mol. The van der Waals surface area contributed by atoms with E-state index in [4.69, 9.17) is 11.6 Å². The summed E-state index contributed by atoms with van der Waals surface area (Å²) in [6, 6.07) is 6.20. The van der Waals surface area contributed by atoms with Gasteiger partial charge in [0.1, 0.15) is 0 Å². The third-order valence-corrected chi connectivity index (χ3v) is 2.84. The van der Waals surface area contributed by atoms with Gasteiger partial charge in [-0.1, -0.05) is 43.9 Å². The molecule has 1 aromatic carbocycles. The van der Waals surface area contributed by atoms with E-state index in [1.807, 2.05) is 6.07 Å². The average Bonchev–Trinajstić information content (AvgIpc) is 2.15. The Labute approximate surface area is 92.3 Å². The summed E-state index contributed by atoms with van der Waals surface area (Å²) in [6.45, 7) is 4.38. The Hall–Kier alpha value is -0.490. The maximum atomic E-state index is 5.90. The normalized spacial score (nSPS) is 10.5. The van der Waals surface area contributed by atoms with Crippen molar-refractivity contribution < 1.29 is 0 Å². The second kappa shape index (κ2) is 6.08. The van der Waals surface area contributed by atoms with Gasteiger partial charge in [0.15, 0.2) is 0 Å². The van der Waals surface area contributed by atoms with E-state index in [-0.39, 0.29) is 0 Å². The summed E-state index contributed by atoms with van der Waals surface area (Å²) in [5.41, 5.74) is 2.78. The topological polar surface area (TPSA) is 0 Å². The number of aryl methyl sites for hydroxylation is 2. The molecule has 0 aromatic heterocycles. The third kappa shape index (κ3) is 3.71. The lowest BCUT2D eigenvalue weighted by molar-refractivity contribution is 0.665. The second-order valence-corrected chi connectivity index (χ2v) is 4.32. The van der Waals surface area contributed by atoms with Gasteiger partial charge in [-0.05, 0) is 43.0 Å². The van der Waals surface area contributed by atoms with E-state index >= 15 is 0 Å². The number of benzene rings is 1. The maximum absolute atomic E-state index is 5.90. The minimum absolute atomic E-state index is 0.847. The van der Waals surface area contributed by atoms with Crippen molar-refractivity contribution in [3.63, 3.8) is 0 Å². The number of halogens is 1. The van der Waals surface area contributed by atoms with E-state index in [0.29, 0.717) is 0 Å². The molecule has 14 heavy (non-hydrogen) atoms. The molecule has 0 saturated carbocycles. The van der Waals surface area contributed by atoms with E-state index in [1.165, 1.54) is 43.2 Å². The van der Waals surface area contributed by atoms with Gasteiger partial charge < -0.3 is 0 Å². The lowest BCUT2D eigenvalue weighted by Gasteiger charge is -2.05. The molecule has 0 atom stereocenters. The van der Waals surface area contributed by atoms with Crippen molar-refractivity contribution in [2.24, 2.45) is 0 Å². The van der Waals surface area contributed by atoms with Crippen molar-refractivity contribution in [3.8, 4) is 0 Å². The van der Waals surface area contributed by atoms with E-state index in [2.05, 4.69) is 26.0 Å². The molecule has 0 aliphatic rings. The van der Waals surface area contributed by atoms with Gasteiger partial charge in [0.2, 0.25) is 0 Å². The highest BCUT2D eigenvalue weighted by Gasteiger charge is 1.98. The first-order valence-electron chi connectivity index (χ1n) is 5.49. The van der Waals surface area contributed by atoms with Crippen molar-refractivity contribution in [2.75, 3.05) is 0 Å². The smallest absolute Gasteiger partial charge is 0.0408 e. The van der Waals surface area contributed by atoms with Gasteiger partial charge in [-0.2, -0.15) is 0 Å². The van der Waals surface area contributed by atoms with Crippen LogP contribution in [0.5, 0.6) is 0 Å². The Bertz CT molecular complexity index is 279. The van der Waals surface area contributed by atoms with Crippen LogP contribution >= 0.6 is 11.6 Å². The molecule has 0 aliphatic heterocycles. The van der Waals surface area contributed by atoms with Gasteiger partial charge in [0.05, 0.1) is 0 Å². The molecule has 1 rings (SSSR count).